The zero-order chi connectivity index (χ0) is 13.9. The highest BCUT2D eigenvalue weighted by Gasteiger charge is 2.21. The van der Waals surface area contributed by atoms with Gasteiger partial charge in [-0.25, -0.2) is 9.59 Å². The molecular weight excluding hydrogens is 238 g/mol. The van der Waals surface area contributed by atoms with Crippen LogP contribution >= 0.6 is 0 Å². The van der Waals surface area contributed by atoms with Gasteiger partial charge < -0.3 is 15.5 Å². The van der Waals surface area contributed by atoms with E-state index in [1.807, 2.05) is 0 Å². The molecule has 0 heterocycles. The molecule has 0 aliphatic rings. The van der Waals surface area contributed by atoms with E-state index in [4.69, 9.17) is 10.2 Å². The van der Waals surface area contributed by atoms with Gasteiger partial charge in [0, 0.05) is 0 Å². The highest BCUT2D eigenvalue weighted by Crippen LogP contribution is 2.25. The second kappa shape index (κ2) is 5.13. The predicted octanol–water partition coefficient (Wildman–Crippen LogP) is 1.52. The van der Waals surface area contributed by atoms with Crippen LogP contribution in [0.1, 0.15) is 26.3 Å². The molecule has 6 heteroatoms. The topological polar surface area (TPSA) is 104 Å². The number of carboxylic acid groups (broad SMARTS) is 2. The molecule has 0 aliphatic heterocycles. The number of anilines is 1. The number of hydrogen-bond acceptors (Lipinski definition) is 3. The van der Waals surface area contributed by atoms with Gasteiger partial charge in [-0.3, -0.25) is 4.79 Å². The Bertz CT molecular complexity index is 548. The maximum absolute atomic E-state index is 11.2. The number of carboxylic acids is 2. The van der Waals surface area contributed by atoms with Crippen LogP contribution in [-0.4, -0.2) is 28.1 Å². The van der Waals surface area contributed by atoms with E-state index >= 15 is 0 Å². The maximum atomic E-state index is 11.2. The fourth-order valence-corrected chi connectivity index (χ4v) is 1.46. The number of aromatic carboxylic acids is 2. The predicted molar refractivity (Wildman–Crippen MR) is 63.9 cm³/mol. The largest absolute Gasteiger partial charge is 0.478 e. The molecular formula is C12H11NO5. The Morgan fingerprint density at radius 3 is 2.28 bits per heavy atom. The van der Waals surface area contributed by atoms with E-state index in [0.29, 0.717) is 5.56 Å². The second-order valence-electron chi connectivity index (χ2n) is 3.48. The number of aryl methyl sites for hydroxylation is 1. The highest BCUT2D eigenvalue weighted by atomic mass is 16.4. The quantitative estimate of drug-likeness (QED) is 0.702. The van der Waals surface area contributed by atoms with Crippen molar-refractivity contribution in [2.45, 2.75) is 6.92 Å². The van der Waals surface area contributed by atoms with Crippen molar-refractivity contribution in [2.75, 3.05) is 5.32 Å². The zero-order valence-corrected chi connectivity index (χ0v) is 9.56. The SMILES string of the molecule is C=CC(=O)Nc1c(C(=O)O)ccc(C)c1C(=O)O. The number of hydrogen-bond donors (Lipinski definition) is 3. The molecule has 0 aromatic heterocycles. The summed E-state index contributed by atoms with van der Waals surface area (Å²) in [5, 5.41) is 20.3. The lowest BCUT2D eigenvalue weighted by molar-refractivity contribution is -0.111. The van der Waals surface area contributed by atoms with Crippen LogP contribution in [0.25, 0.3) is 0 Å². The lowest BCUT2D eigenvalue weighted by atomic mass is 10.0. The van der Waals surface area contributed by atoms with Crippen LogP contribution in [-0.2, 0) is 4.79 Å². The maximum Gasteiger partial charge on any atom is 0.338 e. The lowest BCUT2D eigenvalue weighted by Gasteiger charge is -2.12. The van der Waals surface area contributed by atoms with E-state index in [-0.39, 0.29) is 16.8 Å². The minimum Gasteiger partial charge on any atom is -0.478 e. The third-order valence-corrected chi connectivity index (χ3v) is 2.29. The first-order valence-corrected chi connectivity index (χ1v) is 4.92. The smallest absolute Gasteiger partial charge is 0.338 e. The van der Waals surface area contributed by atoms with Crippen molar-refractivity contribution in [3.63, 3.8) is 0 Å². The molecule has 0 saturated carbocycles. The van der Waals surface area contributed by atoms with Crippen molar-refractivity contribution in [3.8, 4) is 0 Å². The Morgan fingerprint density at radius 1 is 1.22 bits per heavy atom. The fraction of sp³-hybridized carbons (Fsp3) is 0.0833. The van der Waals surface area contributed by atoms with Gasteiger partial charge in [0.2, 0.25) is 5.91 Å². The van der Waals surface area contributed by atoms with E-state index in [1.165, 1.54) is 19.1 Å². The van der Waals surface area contributed by atoms with Gasteiger partial charge in [0.25, 0.3) is 0 Å². The summed E-state index contributed by atoms with van der Waals surface area (Å²) in [7, 11) is 0. The normalized spacial score (nSPS) is 9.61. The summed E-state index contributed by atoms with van der Waals surface area (Å²) >= 11 is 0. The molecule has 94 valence electrons. The summed E-state index contributed by atoms with van der Waals surface area (Å²) in [6, 6.07) is 2.61. The molecule has 1 aromatic rings. The Kier molecular flexibility index (Phi) is 3.83. The van der Waals surface area contributed by atoms with Crippen LogP contribution in [0.2, 0.25) is 0 Å². The Labute approximate surface area is 103 Å². The molecule has 0 radical (unpaired) electrons. The molecule has 6 nitrogen and oxygen atoms in total. The fourth-order valence-electron chi connectivity index (χ4n) is 1.46. The van der Waals surface area contributed by atoms with Gasteiger partial charge in [0.15, 0.2) is 0 Å². The molecule has 0 atom stereocenters. The number of nitrogens with one attached hydrogen (secondary N) is 1. The molecule has 0 unspecified atom stereocenters. The molecule has 3 N–H and O–H groups in total. The molecule has 0 fully saturated rings. The zero-order valence-electron chi connectivity index (χ0n) is 9.56. The molecule has 0 aliphatic carbocycles. The van der Waals surface area contributed by atoms with Gasteiger partial charge >= 0.3 is 11.9 Å². The van der Waals surface area contributed by atoms with Crippen LogP contribution in [0, 0.1) is 6.92 Å². The summed E-state index contributed by atoms with van der Waals surface area (Å²) < 4.78 is 0. The van der Waals surface area contributed by atoms with Crippen LogP contribution in [0.3, 0.4) is 0 Å². The van der Waals surface area contributed by atoms with E-state index in [1.54, 1.807) is 0 Å². The molecule has 0 spiro atoms. The van der Waals surface area contributed by atoms with Crippen molar-refractivity contribution in [2.24, 2.45) is 0 Å². The average Bonchev–Trinajstić information content (AvgIpc) is 2.27. The summed E-state index contributed by atoms with van der Waals surface area (Å²) in [4.78, 5) is 33.4. The second-order valence-corrected chi connectivity index (χ2v) is 3.48. The number of carbonyl (C=O) groups is 3. The van der Waals surface area contributed by atoms with Gasteiger partial charge in [-0.1, -0.05) is 12.6 Å². The number of rotatable bonds is 4. The van der Waals surface area contributed by atoms with Crippen molar-refractivity contribution in [1.29, 1.82) is 0 Å². The van der Waals surface area contributed by atoms with Gasteiger partial charge in [-0.05, 0) is 24.6 Å². The minimum atomic E-state index is -1.32. The van der Waals surface area contributed by atoms with Crippen molar-refractivity contribution >= 4 is 23.5 Å². The lowest BCUT2D eigenvalue weighted by Crippen LogP contribution is -2.17. The molecule has 0 bridgehead atoms. The van der Waals surface area contributed by atoms with Gasteiger partial charge in [-0.15, -0.1) is 0 Å². The monoisotopic (exact) mass is 249 g/mol. The number of carbonyl (C=O) groups excluding carboxylic acids is 1. The highest BCUT2D eigenvalue weighted by molar-refractivity contribution is 6.10. The Hall–Kier alpha value is -2.63. The number of benzene rings is 1. The van der Waals surface area contributed by atoms with Crippen LogP contribution < -0.4 is 5.32 Å². The van der Waals surface area contributed by atoms with Crippen LogP contribution in [0.5, 0.6) is 0 Å². The first-order chi connectivity index (χ1) is 8.38. The summed E-state index contributed by atoms with van der Waals surface area (Å²) in [6.07, 6.45) is 0.930. The van der Waals surface area contributed by atoms with E-state index in [9.17, 15) is 14.4 Å². The van der Waals surface area contributed by atoms with E-state index in [0.717, 1.165) is 6.08 Å². The van der Waals surface area contributed by atoms with Crippen molar-refractivity contribution in [3.05, 3.63) is 41.5 Å². The molecule has 0 saturated heterocycles. The average molecular weight is 249 g/mol. The summed E-state index contributed by atoms with van der Waals surface area (Å²) in [5.41, 5.74) is -0.412. The molecule has 1 aromatic carbocycles. The van der Waals surface area contributed by atoms with Gasteiger partial charge in [0.05, 0.1) is 16.8 Å². The molecule has 1 amide bonds. The minimum absolute atomic E-state index is 0.236. The van der Waals surface area contributed by atoms with Crippen molar-refractivity contribution in [1.82, 2.24) is 0 Å². The van der Waals surface area contributed by atoms with E-state index in [2.05, 4.69) is 11.9 Å². The van der Waals surface area contributed by atoms with Crippen LogP contribution in [0.4, 0.5) is 5.69 Å². The Balaban J connectivity index is 3.52. The summed E-state index contributed by atoms with van der Waals surface area (Å²) in [6.45, 7) is 4.73. The van der Waals surface area contributed by atoms with E-state index < -0.39 is 17.8 Å². The van der Waals surface area contributed by atoms with Gasteiger partial charge in [-0.2, -0.15) is 0 Å². The summed E-state index contributed by atoms with van der Waals surface area (Å²) in [5.74, 6) is -3.31. The van der Waals surface area contributed by atoms with Crippen molar-refractivity contribution < 1.29 is 24.6 Å². The first kappa shape index (κ1) is 13.4. The molecule has 18 heavy (non-hydrogen) atoms. The third kappa shape index (κ3) is 2.54. The first-order valence-electron chi connectivity index (χ1n) is 4.92. The number of amides is 1. The molecule has 1 rings (SSSR count). The third-order valence-electron chi connectivity index (χ3n) is 2.29. The van der Waals surface area contributed by atoms with Gasteiger partial charge in [0.1, 0.15) is 0 Å². The van der Waals surface area contributed by atoms with Crippen LogP contribution in [0.15, 0.2) is 24.8 Å². The Morgan fingerprint density at radius 2 is 1.83 bits per heavy atom. The standard InChI is InChI=1S/C12H11NO5/c1-3-8(14)13-10-7(11(15)16)5-4-6(2)9(10)12(17)18/h3-5H,1H2,2H3,(H,13,14)(H,15,16)(H,17,18).